The zero-order chi connectivity index (χ0) is 20.5. The molecule has 1 aromatic heterocycles. The zero-order valence-electron chi connectivity index (χ0n) is 15.9. The molecule has 0 radical (unpaired) electrons. The van der Waals surface area contributed by atoms with Crippen LogP contribution in [0.25, 0.3) is 11.0 Å². The monoisotopic (exact) mass is 394 g/mol. The van der Waals surface area contributed by atoms with E-state index in [2.05, 4.69) is 4.74 Å². The molecule has 29 heavy (non-hydrogen) atoms. The van der Waals surface area contributed by atoms with Crippen LogP contribution >= 0.6 is 0 Å². The number of esters is 2. The fourth-order valence-corrected chi connectivity index (χ4v) is 2.86. The predicted octanol–water partition coefficient (Wildman–Crippen LogP) is 4.00. The fraction of sp³-hybridized carbons (Fsp3) is 0.227. The van der Waals surface area contributed by atoms with Gasteiger partial charge in [0, 0.05) is 6.07 Å². The molecule has 7 heteroatoms. The van der Waals surface area contributed by atoms with E-state index >= 15 is 0 Å². The molecule has 1 saturated carbocycles. The Balaban J connectivity index is 1.62. The van der Waals surface area contributed by atoms with Crippen LogP contribution in [0.3, 0.4) is 0 Å². The second kappa shape index (κ2) is 7.43. The molecule has 0 amide bonds. The van der Waals surface area contributed by atoms with Crippen LogP contribution in [-0.4, -0.2) is 19.0 Å². The number of hydrogen-bond donors (Lipinski definition) is 0. The number of carbonyl (C=O) groups is 2. The Bertz CT molecular complexity index is 1150. The number of ether oxygens (including phenoxy) is 3. The summed E-state index contributed by atoms with van der Waals surface area (Å²) in [6.07, 6.45) is 1.70. The van der Waals surface area contributed by atoms with Crippen LogP contribution in [-0.2, 0) is 9.53 Å². The van der Waals surface area contributed by atoms with Crippen LogP contribution in [0.1, 0.15) is 29.0 Å². The van der Waals surface area contributed by atoms with Crippen molar-refractivity contribution in [1.29, 1.82) is 0 Å². The number of methoxy groups -OCH3 is 1. The summed E-state index contributed by atoms with van der Waals surface area (Å²) in [7, 11) is 1.30. The van der Waals surface area contributed by atoms with Gasteiger partial charge in [-0.05, 0) is 56.2 Å². The van der Waals surface area contributed by atoms with Crippen molar-refractivity contribution < 1.29 is 28.2 Å². The van der Waals surface area contributed by atoms with Crippen molar-refractivity contribution in [3.8, 4) is 17.2 Å². The lowest BCUT2D eigenvalue weighted by Gasteiger charge is -2.10. The molecule has 3 aromatic rings. The van der Waals surface area contributed by atoms with Crippen molar-refractivity contribution in [3.05, 3.63) is 64.0 Å². The highest BCUT2D eigenvalue weighted by atomic mass is 16.5. The van der Waals surface area contributed by atoms with Gasteiger partial charge in [0.25, 0.3) is 0 Å². The normalized spacial score (nSPS) is 13.2. The van der Waals surface area contributed by atoms with Gasteiger partial charge in [0.15, 0.2) is 0 Å². The lowest BCUT2D eigenvalue weighted by Crippen LogP contribution is -2.10. The van der Waals surface area contributed by atoms with E-state index in [-0.39, 0.29) is 28.8 Å². The summed E-state index contributed by atoms with van der Waals surface area (Å²) in [5.74, 6) is 0.290. The van der Waals surface area contributed by atoms with E-state index in [1.165, 1.54) is 13.2 Å². The Morgan fingerprint density at radius 3 is 2.38 bits per heavy atom. The summed E-state index contributed by atoms with van der Waals surface area (Å²) >= 11 is 0. The van der Waals surface area contributed by atoms with Gasteiger partial charge in [0.1, 0.15) is 22.8 Å². The number of rotatable bonds is 5. The van der Waals surface area contributed by atoms with Gasteiger partial charge in [-0.2, -0.15) is 0 Å². The molecule has 148 valence electrons. The van der Waals surface area contributed by atoms with E-state index in [0.29, 0.717) is 28.0 Å². The largest absolute Gasteiger partial charge is 0.465 e. The molecule has 0 spiro atoms. The highest BCUT2D eigenvalue weighted by Gasteiger charge is 2.31. The first-order chi connectivity index (χ1) is 14.0. The van der Waals surface area contributed by atoms with Gasteiger partial charge in [-0.15, -0.1) is 0 Å². The molecular formula is C22H18O7. The molecule has 1 fully saturated rings. The summed E-state index contributed by atoms with van der Waals surface area (Å²) in [6.45, 7) is 1.61. The highest BCUT2D eigenvalue weighted by Crippen LogP contribution is 2.32. The van der Waals surface area contributed by atoms with E-state index in [9.17, 15) is 14.4 Å². The summed E-state index contributed by atoms with van der Waals surface area (Å²) in [4.78, 5) is 36.2. The molecular weight excluding hydrogens is 376 g/mol. The van der Waals surface area contributed by atoms with Crippen molar-refractivity contribution in [1.82, 2.24) is 0 Å². The fourth-order valence-electron chi connectivity index (χ4n) is 2.86. The number of benzene rings is 2. The molecule has 0 unspecified atom stereocenters. The first-order valence-corrected chi connectivity index (χ1v) is 9.11. The maximum atomic E-state index is 12.9. The Labute approximate surface area is 165 Å². The third kappa shape index (κ3) is 3.85. The number of hydrogen-bond acceptors (Lipinski definition) is 7. The SMILES string of the molecule is COC(=O)c1ccc(Oc2c(C)oc3cc(OC(=O)C4CC4)ccc3c2=O)cc1. The third-order valence-electron chi connectivity index (χ3n) is 4.61. The molecule has 1 heterocycles. The van der Waals surface area contributed by atoms with Crippen molar-refractivity contribution in [2.24, 2.45) is 5.92 Å². The smallest absolute Gasteiger partial charge is 0.337 e. The third-order valence-corrected chi connectivity index (χ3v) is 4.61. The molecule has 0 atom stereocenters. The Kier molecular flexibility index (Phi) is 4.80. The van der Waals surface area contributed by atoms with Gasteiger partial charge in [0.05, 0.1) is 24.0 Å². The average Bonchev–Trinajstić information content (AvgIpc) is 3.56. The van der Waals surface area contributed by atoms with Crippen LogP contribution in [0, 0.1) is 12.8 Å². The Morgan fingerprint density at radius 2 is 1.72 bits per heavy atom. The molecule has 0 aliphatic heterocycles. The number of carbonyl (C=O) groups excluding carboxylic acids is 2. The molecule has 2 aromatic carbocycles. The van der Waals surface area contributed by atoms with Crippen molar-refractivity contribution in [2.75, 3.05) is 7.11 Å². The molecule has 0 bridgehead atoms. The Hall–Kier alpha value is -3.61. The molecule has 0 saturated heterocycles. The van der Waals surface area contributed by atoms with Crippen LogP contribution in [0.15, 0.2) is 51.7 Å². The summed E-state index contributed by atoms with van der Waals surface area (Å²) in [5, 5.41) is 0.308. The van der Waals surface area contributed by atoms with Crippen LogP contribution in [0.4, 0.5) is 0 Å². The lowest BCUT2D eigenvalue weighted by atomic mass is 10.2. The van der Waals surface area contributed by atoms with Gasteiger partial charge < -0.3 is 18.6 Å². The quantitative estimate of drug-likeness (QED) is 0.477. The maximum absolute atomic E-state index is 12.9. The first-order valence-electron chi connectivity index (χ1n) is 9.11. The second-order valence-electron chi connectivity index (χ2n) is 6.79. The lowest BCUT2D eigenvalue weighted by molar-refractivity contribution is -0.135. The van der Waals surface area contributed by atoms with Gasteiger partial charge in [0.2, 0.25) is 11.2 Å². The Morgan fingerprint density at radius 1 is 1.03 bits per heavy atom. The summed E-state index contributed by atoms with van der Waals surface area (Å²) in [6, 6.07) is 10.8. The van der Waals surface area contributed by atoms with Crippen LogP contribution < -0.4 is 14.9 Å². The molecule has 7 nitrogen and oxygen atoms in total. The van der Waals surface area contributed by atoms with E-state index in [1.807, 2.05) is 0 Å². The molecule has 1 aliphatic carbocycles. The van der Waals surface area contributed by atoms with Crippen LogP contribution in [0.5, 0.6) is 17.2 Å². The highest BCUT2D eigenvalue weighted by molar-refractivity contribution is 5.89. The van der Waals surface area contributed by atoms with Gasteiger partial charge in [-0.3, -0.25) is 9.59 Å². The van der Waals surface area contributed by atoms with Crippen molar-refractivity contribution >= 4 is 22.9 Å². The second-order valence-corrected chi connectivity index (χ2v) is 6.79. The van der Waals surface area contributed by atoms with E-state index < -0.39 is 5.97 Å². The van der Waals surface area contributed by atoms with Crippen LogP contribution in [0.2, 0.25) is 0 Å². The minimum atomic E-state index is -0.462. The van der Waals surface area contributed by atoms with Gasteiger partial charge in [-0.25, -0.2) is 4.79 Å². The summed E-state index contributed by atoms with van der Waals surface area (Å²) < 4.78 is 21.4. The predicted molar refractivity (Wildman–Crippen MR) is 103 cm³/mol. The van der Waals surface area contributed by atoms with E-state index in [0.717, 1.165) is 12.8 Å². The van der Waals surface area contributed by atoms with E-state index in [1.54, 1.807) is 43.3 Å². The molecule has 0 N–H and O–H groups in total. The molecule has 4 rings (SSSR count). The van der Waals surface area contributed by atoms with E-state index in [4.69, 9.17) is 13.9 Å². The minimum absolute atomic E-state index is 0.0270. The maximum Gasteiger partial charge on any atom is 0.337 e. The summed E-state index contributed by atoms with van der Waals surface area (Å²) in [5.41, 5.74) is 0.332. The molecule has 1 aliphatic rings. The first kappa shape index (κ1) is 18.7. The van der Waals surface area contributed by atoms with Gasteiger partial charge >= 0.3 is 11.9 Å². The zero-order valence-corrected chi connectivity index (χ0v) is 15.9. The van der Waals surface area contributed by atoms with Crippen molar-refractivity contribution in [2.45, 2.75) is 19.8 Å². The number of fused-ring (bicyclic) bond motifs is 1. The minimum Gasteiger partial charge on any atom is -0.465 e. The number of aryl methyl sites for hydroxylation is 1. The standard InChI is InChI=1S/C22H18O7/c1-12-20(28-15-7-5-13(6-8-15)21(24)26-2)19(23)17-10-9-16(11-18(17)27-12)29-22(25)14-3-4-14/h5-11,14H,3-4H2,1-2H3. The van der Waals surface area contributed by atoms with Gasteiger partial charge in [-0.1, -0.05) is 0 Å². The average molecular weight is 394 g/mol. The topological polar surface area (TPSA) is 92.0 Å². The van der Waals surface area contributed by atoms with Crippen molar-refractivity contribution in [3.63, 3.8) is 0 Å².